The lowest BCUT2D eigenvalue weighted by molar-refractivity contribution is 0.825. The molecule has 0 spiro atoms. The van der Waals surface area contributed by atoms with Gasteiger partial charge in [0, 0.05) is 23.9 Å². The van der Waals surface area contributed by atoms with Crippen LogP contribution in [0.1, 0.15) is 38.6 Å². The molecule has 0 aliphatic carbocycles. The smallest absolute Gasteiger partial charge is 0.147 e. The summed E-state index contributed by atoms with van der Waals surface area (Å²) in [6.45, 7) is 8.24. The Hall–Kier alpha value is -1.29. The summed E-state index contributed by atoms with van der Waals surface area (Å²) in [7, 11) is 0. The van der Waals surface area contributed by atoms with E-state index in [0.717, 1.165) is 15.6 Å². The van der Waals surface area contributed by atoms with E-state index in [4.69, 9.17) is 0 Å². The number of nitrogens with zero attached hydrogens (tertiary/aromatic N) is 3. The normalized spacial score (nSPS) is 9.81. The average Bonchev–Trinajstić information content (AvgIpc) is 2.82. The van der Waals surface area contributed by atoms with Gasteiger partial charge in [0.05, 0.1) is 0 Å². The van der Waals surface area contributed by atoms with Gasteiger partial charge in [-0.05, 0) is 12.1 Å². The van der Waals surface area contributed by atoms with Crippen LogP contribution in [0.4, 0.5) is 0 Å². The van der Waals surface area contributed by atoms with Crippen molar-refractivity contribution >= 4 is 11.3 Å². The molecule has 2 heterocycles. The van der Waals surface area contributed by atoms with Gasteiger partial charge in [-0.15, -0.1) is 10.2 Å². The molecule has 0 radical (unpaired) electrons. The van der Waals surface area contributed by atoms with Crippen molar-refractivity contribution in [3.05, 3.63) is 29.5 Å². The van der Waals surface area contributed by atoms with Gasteiger partial charge in [-0.2, -0.15) is 0 Å². The Morgan fingerprint density at radius 3 is 2.19 bits per heavy atom. The predicted molar refractivity (Wildman–Crippen MR) is 68.6 cm³/mol. The summed E-state index contributed by atoms with van der Waals surface area (Å²) in [4.78, 5) is 3.97. The van der Waals surface area contributed by atoms with Crippen LogP contribution < -0.4 is 0 Å². The molecule has 86 valence electrons. The molecular weight excluding hydrogens is 218 g/mol. The van der Waals surface area contributed by atoms with Gasteiger partial charge in [-0.1, -0.05) is 39.0 Å². The van der Waals surface area contributed by atoms with Crippen LogP contribution in [0.15, 0.2) is 24.5 Å². The molecule has 0 unspecified atom stereocenters. The second-order valence-corrected chi connectivity index (χ2v) is 4.35. The third-order valence-corrected chi connectivity index (χ3v) is 3.13. The second-order valence-electron chi connectivity index (χ2n) is 3.34. The maximum absolute atomic E-state index is 4.15. The fourth-order valence-electron chi connectivity index (χ4n) is 1.08. The van der Waals surface area contributed by atoms with Crippen LogP contribution in [0.5, 0.6) is 0 Å². The molecule has 3 nitrogen and oxygen atoms in total. The SMILES string of the molecule is CC.CC(C)c1nnc(-c2ccncc2)s1. The van der Waals surface area contributed by atoms with Crippen molar-refractivity contribution in [1.82, 2.24) is 15.2 Å². The zero-order valence-electron chi connectivity index (χ0n) is 10.1. The number of rotatable bonds is 2. The highest BCUT2D eigenvalue weighted by Gasteiger charge is 2.08. The highest BCUT2D eigenvalue weighted by molar-refractivity contribution is 7.14. The van der Waals surface area contributed by atoms with E-state index in [-0.39, 0.29) is 0 Å². The van der Waals surface area contributed by atoms with Gasteiger partial charge >= 0.3 is 0 Å². The van der Waals surface area contributed by atoms with E-state index < -0.39 is 0 Å². The summed E-state index contributed by atoms with van der Waals surface area (Å²) in [6, 6.07) is 3.90. The first-order chi connectivity index (χ1) is 7.77. The highest BCUT2D eigenvalue weighted by Crippen LogP contribution is 2.26. The van der Waals surface area contributed by atoms with Crippen molar-refractivity contribution in [3.63, 3.8) is 0 Å². The Kier molecular flexibility index (Phi) is 5.05. The Morgan fingerprint density at radius 1 is 1.06 bits per heavy atom. The standard InChI is InChI=1S/C10H11N3S.C2H6/c1-7(2)9-12-13-10(14-9)8-3-5-11-6-4-8;1-2/h3-7H,1-2H3;1-2H3. The summed E-state index contributed by atoms with van der Waals surface area (Å²) in [5.41, 5.74) is 1.09. The van der Waals surface area contributed by atoms with Gasteiger partial charge in [-0.25, -0.2) is 0 Å². The molecule has 16 heavy (non-hydrogen) atoms. The summed E-state index contributed by atoms with van der Waals surface area (Å²) < 4.78 is 0. The molecule has 0 amide bonds. The summed E-state index contributed by atoms with van der Waals surface area (Å²) in [5.74, 6) is 0.447. The van der Waals surface area contributed by atoms with Crippen molar-refractivity contribution in [3.8, 4) is 10.6 Å². The van der Waals surface area contributed by atoms with Crippen LogP contribution in [0.3, 0.4) is 0 Å². The first-order valence-electron chi connectivity index (χ1n) is 5.51. The predicted octanol–water partition coefficient (Wildman–Crippen LogP) is 3.75. The molecule has 4 heteroatoms. The van der Waals surface area contributed by atoms with E-state index >= 15 is 0 Å². The first kappa shape index (κ1) is 12.8. The van der Waals surface area contributed by atoms with Crippen molar-refractivity contribution in [2.45, 2.75) is 33.6 Å². The molecule has 0 atom stereocenters. The summed E-state index contributed by atoms with van der Waals surface area (Å²) >= 11 is 1.64. The van der Waals surface area contributed by atoms with Crippen LogP contribution in [0.25, 0.3) is 10.6 Å². The monoisotopic (exact) mass is 235 g/mol. The molecular formula is C12H17N3S. The molecule has 2 aromatic rings. The van der Waals surface area contributed by atoms with Gasteiger partial charge in [0.15, 0.2) is 0 Å². The van der Waals surface area contributed by atoms with Crippen LogP contribution >= 0.6 is 11.3 Å². The zero-order valence-corrected chi connectivity index (χ0v) is 11.0. The van der Waals surface area contributed by atoms with Gasteiger partial charge in [0.2, 0.25) is 0 Å². The van der Waals surface area contributed by atoms with Crippen molar-refractivity contribution in [2.75, 3.05) is 0 Å². The molecule has 0 fully saturated rings. The lowest BCUT2D eigenvalue weighted by Crippen LogP contribution is -1.83. The molecule has 0 aliphatic rings. The van der Waals surface area contributed by atoms with Crippen LogP contribution in [0.2, 0.25) is 0 Å². The Balaban J connectivity index is 0.000000606. The fourth-order valence-corrected chi connectivity index (χ4v) is 1.93. The van der Waals surface area contributed by atoms with Gasteiger partial charge < -0.3 is 0 Å². The molecule has 0 saturated heterocycles. The van der Waals surface area contributed by atoms with Gasteiger partial charge in [-0.3, -0.25) is 4.98 Å². The number of pyridine rings is 1. The summed E-state index contributed by atoms with van der Waals surface area (Å²) in [6.07, 6.45) is 3.54. The van der Waals surface area contributed by atoms with E-state index in [1.54, 1.807) is 23.7 Å². The van der Waals surface area contributed by atoms with Gasteiger partial charge in [0.25, 0.3) is 0 Å². The largest absolute Gasteiger partial charge is 0.265 e. The van der Waals surface area contributed by atoms with Crippen LogP contribution in [-0.4, -0.2) is 15.2 Å². The third-order valence-electron chi connectivity index (χ3n) is 1.86. The summed E-state index contributed by atoms with van der Waals surface area (Å²) in [5, 5.41) is 10.3. The van der Waals surface area contributed by atoms with Crippen molar-refractivity contribution in [1.29, 1.82) is 0 Å². The lowest BCUT2D eigenvalue weighted by Gasteiger charge is -1.94. The molecule has 0 bridgehead atoms. The van der Waals surface area contributed by atoms with E-state index in [9.17, 15) is 0 Å². The molecule has 2 rings (SSSR count). The topological polar surface area (TPSA) is 38.7 Å². The fraction of sp³-hybridized carbons (Fsp3) is 0.417. The number of aromatic nitrogens is 3. The molecule has 0 aromatic carbocycles. The quantitative estimate of drug-likeness (QED) is 0.795. The maximum Gasteiger partial charge on any atom is 0.147 e. The minimum atomic E-state index is 0.447. The highest BCUT2D eigenvalue weighted by atomic mass is 32.1. The van der Waals surface area contributed by atoms with Crippen LogP contribution in [-0.2, 0) is 0 Å². The maximum atomic E-state index is 4.15. The number of hydrogen-bond acceptors (Lipinski definition) is 4. The van der Waals surface area contributed by atoms with Crippen molar-refractivity contribution in [2.24, 2.45) is 0 Å². The number of hydrogen-bond donors (Lipinski definition) is 0. The average molecular weight is 235 g/mol. The Labute approximate surface area is 101 Å². The minimum Gasteiger partial charge on any atom is -0.265 e. The second kappa shape index (κ2) is 6.33. The Bertz CT molecular complexity index is 409. The van der Waals surface area contributed by atoms with Crippen molar-refractivity contribution < 1.29 is 0 Å². The molecule has 2 aromatic heterocycles. The Morgan fingerprint density at radius 2 is 1.69 bits per heavy atom. The molecule has 0 N–H and O–H groups in total. The zero-order chi connectivity index (χ0) is 12.0. The van der Waals surface area contributed by atoms with Gasteiger partial charge in [0.1, 0.15) is 10.0 Å². The molecule has 0 aliphatic heterocycles. The lowest BCUT2D eigenvalue weighted by atomic mass is 10.2. The minimum absolute atomic E-state index is 0.447. The van der Waals surface area contributed by atoms with E-state index in [1.807, 2.05) is 26.0 Å². The first-order valence-corrected chi connectivity index (χ1v) is 6.33. The van der Waals surface area contributed by atoms with Crippen LogP contribution in [0, 0.1) is 0 Å². The van der Waals surface area contributed by atoms with E-state index in [1.165, 1.54) is 0 Å². The van der Waals surface area contributed by atoms with E-state index in [0.29, 0.717) is 5.92 Å². The van der Waals surface area contributed by atoms with E-state index in [2.05, 4.69) is 29.0 Å². The molecule has 0 saturated carbocycles. The third kappa shape index (κ3) is 3.10.